The van der Waals surface area contributed by atoms with Gasteiger partial charge in [-0.05, 0) is 41.2 Å². The van der Waals surface area contributed by atoms with Gasteiger partial charge in [0.25, 0.3) is 0 Å². The molecule has 0 aliphatic heterocycles. The Kier molecular flexibility index (Phi) is 4.85. The number of nitrogens with zero attached hydrogens (tertiary/aromatic N) is 1. The van der Waals surface area contributed by atoms with Crippen LogP contribution in [0.5, 0.6) is 17.2 Å². The van der Waals surface area contributed by atoms with Crippen LogP contribution in [0, 0.1) is 0 Å². The summed E-state index contributed by atoms with van der Waals surface area (Å²) in [7, 11) is 0. The number of hydrogen-bond acceptors (Lipinski definition) is 4. The highest BCUT2D eigenvalue weighted by Crippen LogP contribution is 2.41. The van der Waals surface area contributed by atoms with E-state index in [0.717, 1.165) is 11.1 Å². The zero-order valence-electron chi connectivity index (χ0n) is 15.8. The van der Waals surface area contributed by atoms with Crippen molar-refractivity contribution in [2.75, 3.05) is 0 Å². The molecule has 2 rings (SSSR count). The Bertz CT molecular complexity index is 774. The monoisotopic (exact) mass is 341 g/mol. The topological polar surface area (TPSA) is 73.1 Å². The Morgan fingerprint density at radius 1 is 0.800 bits per heavy atom. The lowest BCUT2D eigenvalue weighted by molar-refractivity contribution is 0.423. The lowest BCUT2D eigenvalue weighted by Crippen LogP contribution is -2.16. The molecule has 0 fully saturated rings. The third-order valence-electron chi connectivity index (χ3n) is 4.07. The Balaban J connectivity index is 2.58. The lowest BCUT2D eigenvalue weighted by atomic mass is 9.79. The molecule has 0 heterocycles. The molecular formula is C21H27NO3. The van der Waals surface area contributed by atoms with E-state index in [4.69, 9.17) is 0 Å². The van der Waals surface area contributed by atoms with Gasteiger partial charge in [-0.2, -0.15) is 0 Å². The van der Waals surface area contributed by atoms with Gasteiger partial charge in [-0.25, -0.2) is 0 Å². The maximum Gasteiger partial charge on any atom is 0.124 e. The maximum atomic E-state index is 10.7. The number of phenols is 3. The van der Waals surface area contributed by atoms with Gasteiger partial charge in [0.2, 0.25) is 0 Å². The lowest BCUT2D eigenvalue weighted by Gasteiger charge is -2.27. The van der Waals surface area contributed by atoms with Crippen LogP contribution in [-0.2, 0) is 10.8 Å². The highest BCUT2D eigenvalue weighted by molar-refractivity contribution is 5.86. The molecular weight excluding hydrogens is 314 g/mol. The van der Waals surface area contributed by atoms with Crippen LogP contribution in [0.15, 0.2) is 35.3 Å². The normalized spacial score (nSPS) is 12.7. The summed E-state index contributed by atoms with van der Waals surface area (Å²) < 4.78 is 0. The number of phenolic OH excluding ortho intramolecular Hbond substituents is 3. The molecule has 0 atom stereocenters. The zero-order chi connectivity index (χ0) is 19.0. The second kappa shape index (κ2) is 6.43. The largest absolute Gasteiger partial charge is 0.508 e. The van der Waals surface area contributed by atoms with Crippen molar-refractivity contribution >= 4 is 11.9 Å². The molecule has 25 heavy (non-hydrogen) atoms. The minimum atomic E-state index is -0.233. The van der Waals surface area contributed by atoms with Crippen LogP contribution < -0.4 is 0 Å². The first-order valence-electron chi connectivity index (χ1n) is 8.33. The summed E-state index contributed by atoms with van der Waals surface area (Å²) >= 11 is 0. The number of hydrogen-bond donors (Lipinski definition) is 3. The molecule has 4 heteroatoms. The fourth-order valence-corrected chi connectivity index (χ4v) is 2.63. The van der Waals surface area contributed by atoms with E-state index in [1.165, 1.54) is 24.4 Å². The fourth-order valence-electron chi connectivity index (χ4n) is 2.63. The predicted molar refractivity (Wildman–Crippen MR) is 103 cm³/mol. The summed E-state index contributed by atoms with van der Waals surface area (Å²) in [6.07, 6.45) is 1.51. The zero-order valence-corrected chi connectivity index (χ0v) is 15.8. The van der Waals surface area contributed by atoms with Gasteiger partial charge in [-0.15, -0.1) is 0 Å². The smallest absolute Gasteiger partial charge is 0.124 e. The number of rotatable bonds is 2. The van der Waals surface area contributed by atoms with E-state index in [1.54, 1.807) is 0 Å². The van der Waals surface area contributed by atoms with E-state index in [-0.39, 0.29) is 22.3 Å². The molecule has 134 valence electrons. The van der Waals surface area contributed by atoms with Crippen molar-refractivity contribution in [2.45, 2.75) is 52.4 Å². The Morgan fingerprint density at radius 2 is 1.32 bits per heavy atom. The van der Waals surface area contributed by atoms with E-state index in [1.807, 2.05) is 53.7 Å². The molecule has 0 aliphatic carbocycles. The van der Waals surface area contributed by atoms with Gasteiger partial charge in [0.1, 0.15) is 17.2 Å². The van der Waals surface area contributed by atoms with E-state index in [0.29, 0.717) is 17.0 Å². The van der Waals surface area contributed by atoms with Crippen LogP contribution >= 0.6 is 0 Å². The van der Waals surface area contributed by atoms with Crippen LogP contribution in [0.4, 0.5) is 5.69 Å². The van der Waals surface area contributed by atoms with Crippen molar-refractivity contribution in [3.8, 4) is 17.2 Å². The van der Waals surface area contributed by atoms with Crippen molar-refractivity contribution < 1.29 is 15.3 Å². The van der Waals surface area contributed by atoms with Gasteiger partial charge < -0.3 is 15.3 Å². The first kappa shape index (κ1) is 18.8. The van der Waals surface area contributed by atoms with Crippen LogP contribution in [-0.4, -0.2) is 21.5 Å². The molecule has 0 aliphatic rings. The van der Waals surface area contributed by atoms with Crippen LogP contribution in [0.1, 0.15) is 58.2 Å². The van der Waals surface area contributed by atoms with E-state index >= 15 is 0 Å². The summed E-state index contributed by atoms with van der Waals surface area (Å²) in [4.78, 5) is 4.46. The highest BCUT2D eigenvalue weighted by Gasteiger charge is 2.26. The molecule has 0 saturated heterocycles. The van der Waals surface area contributed by atoms with Crippen molar-refractivity contribution in [1.82, 2.24) is 0 Å². The molecule has 0 bridgehead atoms. The third kappa shape index (κ3) is 4.32. The molecule has 0 radical (unpaired) electrons. The molecule has 0 aromatic heterocycles. The molecule has 2 aromatic rings. The van der Waals surface area contributed by atoms with E-state index in [2.05, 4.69) is 4.99 Å². The molecule has 2 aromatic carbocycles. The molecule has 0 unspecified atom stereocenters. The van der Waals surface area contributed by atoms with Crippen molar-refractivity contribution in [1.29, 1.82) is 0 Å². The summed E-state index contributed by atoms with van der Waals surface area (Å²) in [5.74, 6) is 0.419. The fraction of sp³-hybridized carbons (Fsp3) is 0.381. The van der Waals surface area contributed by atoms with Gasteiger partial charge >= 0.3 is 0 Å². The van der Waals surface area contributed by atoms with Crippen LogP contribution in [0.25, 0.3) is 0 Å². The summed E-state index contributed by atoms with van der Waals surface area (Å²) in [6, 6.07) is 8.02. The van der Waals surface area contributed by atoms with Gasteiger partial charge in [-0.3, -0.25) is 4.99 Å². The molecule has 3 N–H and O–H groups in total. The maximum absolute atomic E-state index is 10.7. The van der Waals surface area contributed by atoms with Crippen molar-refractivity contribution in [3.05, 3.63) is 47.0 Å². The minimum absolute atomic E-state index is 0.0485. The first-order valence-corrected chi connectivity index (χ1v) is 8.33. The van der Waals surface area contributed by atoms with Crippen molar-refractivity contribution in [2.24, 2.45) is 4.99 Å². The predicted octanol–water partition coefficient (Wildman–Crippen LogP) is 5.15. The van der Waals surface area contributed by atoms with Gasteiger partial charge in [0.15, 0.2) is 0 Å². The van der Waals surface area contributed by atoms with Gasteiger partial charge in [0, 0.05) is 22.9 Å². The SMILES string of the molecule is CC(C)(C)c1cc(N=Cc2cc(O)ccc2O)cc(C(C)(C)C)c1O. The van der Waals surface area contributed by atoms with Gasteiger partial charge in [-0.1, -0.05) is 41.5 Å². The van der Waals surface area contributed by atoms with Crippen LogP contribution in [0.2, 0.25) is 0 Å². The second-order valence-corrected chi connectivity index (χ2v) is 8.39. The third-order valence-corrected chi connectivity index (χ3v) is 4.07. The first-order chi connectivity index (χ1) is 11.4. The summed E-state index contributed by atoms with van der Waals surface area (Å²) in [5.41, 5.74) is 2.31. The van der Waals surface area contributed by atoms with Gasteiger partial charge in [0.05, 0.1) is 5.69 Å². The average molecular weight is 341 g/mol. The van der Waals surface area contributed by atoms with Crippen molar-refractivity contribution in [3.63, 3.8) is 0 Å². The minimum Gasteiger partial charge on any atom is -0.508 e. The molecule has 4 nitrogen and oxygen atoms in total. The quantitative estimate of drug-likeness (QED) is 0.522. The molecule has 0 amide bonds. The summed E-state index contributed by atoms with van der Waals surface area (Å²) in [5, 5.41) is 30.2. The van der Waals surface area contributed by atoms with E-state index in [9.17, 15) is 15.3 Å². The number of aliphatic imine (C=N–C) groups is 1. The molecule has 0 spiro atoms. The van der Waals surface area contributed by atoms with E-state index < -0.39 is 0 Å². The Labute approximate surface area is 149 Å². The Hall–Kier alpha value is -2.49. The summed E-state index contributed by atoms with van der Waals surface area (Å²) in [6.45, 7) is 12.3. The average Bonchev–Trinajstić information content (AvgIpc) is 2.47. The Morgan fingerprint density at radius 3 is 1.80 bits per heavy atom. The van der Waals surface area contributed by atoms with Crippen LogP contribution in [0.3, 0.4) is 0 Å². The number of benzene rings is 2. The highest BCUT2D eigenvalue weighted by atomic mass is 16.3. The second-order valence-electron chi connectivity index (χ2n) is 8.39. The standard InChI is InChI=1S/C21H27NO3/c1-20(2,3)16-10-14(11-17(19(16)25)21(4,5)6)22-12-13-9-15(23)7-8-18(13)24/h7-12,23-25H,1-6H3. The molecule has 0 saturated carbocycles. The number of aromatic hydroxyl groups is 3.